The van der Waals surface area contributed by atoms with Crippen LogP contribution in [0.3, 0.4) is 0 Å². The fourth-order valence-corrected chi connectivity index (χ4v) is 1.86. The first-order valence-corrected chi connectivity index (χ1v) is 7.25. The Morgan fingerprint density at radius 1 is 0.833 bits per heavy atom. The van der Waals surface area contributed by atoms with E-state index in [1.165, 1.54) is 44.9 Å². The summed E-state index contributed by atoms with van der Waals surface area (Å²) in [5.74, 6) is -0.670. The van der Waals surface area contributed by atoms with Crippen LogP contribution in [0.2, 0.25) is 0 Å². The summed E-state index contributed by atoms with van der Waals surface area (Å²) in [6, 6.07) is 0. The third-order valence-electron chi connectivity index (χ3n) is 2.96. The lowest BCUT2D eigenvalue weighted by Crippen LogP contribution is -1.93. The van der Waals surface area contributed by atoms with Crippen LogP contribution in [0.1, 0.15) is 70.6 Å². The van der Waals surface area contributed by atoms with Crippen LogP contribution in [-0.2, 0) is 4.79 Å². The second-order valence-corrected chi connectivity index (χ2v) is 4.74. The van der Waals surface area contributed by atoms with E-state index in [2.05, 4.69) is 18.7 Å². The quantitative estimate of drug-likeness (QED) is 0.365. The van der Waals surface area contributed by atoms with Crippen molar-refractivity contribution in [2.24, 2.45) is 0 Å². The molecule has 0 heterocycles. The van der Waals surface area contributed by atoms with Gasteiger partial charge < -0.3 is 5.11 Å². The molecule has 0 aromatic rings. The van der Waals surface area contributed by atoms with Crippen LogP contribution in [-0.4, -0.2) is 11.1 Å². The van der Waals surface area contributed by atoms with E-state index < -0.39 is 5.97 Å². The van der Waals surface area contributed by atoms with E-state index in [1.807, 2.05) is 6.08 Å². The topological polar surface area (TPSA) is 37.3 Å². The summed E-state index contributed by atoms with van der Waals surface area (Å²) in [5, 5.41) is 8.48. The fraction of sp³-hybridized carbons (Fsp3) is 0.688. The third-order valence-corrected chi connectivity index (χ3v) is 2.96. The fourth-order valence-electron chi connectivity index (χ4n) is 1.86. The van der Waals surface area contributed by atoms with E-state index in [1.54, 1.807) is 0 Å². The summed E-state index contributed by atoms with van der Waals surface area (Å²) >= 11 is 0. The summed E-state index contributed by atoms with van der Waals surface area (Å²) in [4.78, 5) is 10.3. The average molecular weight is 252 g/mol. The lowest BCUT2D eigenvalue weighted by molar-refractivity contribution is -0.137. The molecule has 0 aliphatic carbocycles. The predicted molar refractivity (Wildman–Crippen MR) is 77.8 cm³/mol. The first-order chi connectivity index (χ1) is 8.77. The second-order valence-electron chi connectivity index (χ2n) is 4.74. The molecule has 0 aliphatic rings. The number of carbonyl (C=O) groups is 1. The highest BCUT2D eigenvalue weighted by Crippen LogP contribution is 2.09. The van der Waals surface area contributed by atoms with Gasteiger partial charge in [-0.15, -0.1) is 6.58 Å². The van der Waals surface area contributed by atoms with Gasteiger partial charge in [-0.2, -0.15) is 0 Å². The largest absolute Gasteiger partial charge is 0.481 e. The van der Waals surface area contributed by atoms with Crippen molar-refractivity contribution in [1.82, 2.24) is 0 Å². The third kappa shape index (κ3) is 14.9. The number of hydrogen-bond donors (Lipinski definition) is 1. The van der Waals surface area contributed by atoms with Gasteiger partial charge in [0.15, 0.2) is 0 Å². The van der Waals surface area contributed by atoms with Crippen LogP contribution in [0.5, 0.6) is 0 Å². The molecule has 1 N–H and O–H groups in total. The molecule has 2 nitrogen and oxygen atoms in total. The van der Waals surface area contributed by atoms with Gasteiger partial charge in [0.2, 0.25) is 0 Å². The Bertz CT molecular complexity index is 231. The molecule has 2 heteroatoms. The van der Waals surface area contributed by atoms with Crippen LogP contribution in [0, 0.1) is 0 Å². The first-order valence-electron chi connectivity index (χ1n) is 7.25. The summed E-state index contributed by atoms with van der Waals surface area (Å²) in [6.07, 6.45) is 18.4. The van der Waals surface area contributed by atoms with E-state index in [9.17, 15) is 4.79 Å². The van der Waals surface area contributed by atoms with Crippen molar-refractivity contribution in [2.45, 2.75) is 70.6 Å². The standard InChI is InChI=1S/C16H28O2/c1-2-3-4-5-6-7-8-9-10-11-12-13-14-15-16(17)18/h2,6-7H,1,3-5,8-15H2,(H,17,18)/b7-6+. The first kappa shape index (κ1) is 16.9. The second kappa shape index (κ2) is 14.0. The zero-order valence-corrected chi connectivity index (χ0v) is 11.6. The maximum absolute atomic E-state index is 10.3. The average Bonchev–Trinajstić information content (AvgIpc) is 2.34. The molecule has 0 amide bonds. The molecule has 104 valence electrons. The smallest absolute Gasteiger partial charge is 0.303 e. The van der Waals surface area contributed by atoms with Crippen molar-refractivity contribution in [1.29, 1.82) is 0 Å². The molecular formula is C16H28O2. The monoisotopic (exact) mass is 252 g/mol. The highest BCUT2D eigenvalue weighted by Gasteiger charge is 1.96. The van der Waals surface area contributed by atoms with Crippen molar-refractivity contribution < 1.29 is 9.90 Å². The van der Waals surface area contributed by atoms with Gasteiger partial charge in [-0.1, -0.05) is 43.9 Å². The molecule has 0 aliphatic heterocycles. The van der Waals surface area contributed by atoms with E-state index in [4.69, 9.17) is 5.11 Å². The normalized spacial score (nSPS) is 10.9. The molecular weight excluding hydrogens is 224 g/mol. The minimum atomic E-state index is -0.670. The Kier molecular flexibility index (Phi) is 13.2. The zero-order chi connectivity index (χ0) is 13.5. The van der Waals surface area contributed by atoms with E-state index in [-0.39, 0.29) is 0 Å². The Morgan fingerprint density at radius 3 is 2.00 bits per heavy atom. The SMILES string of the molecule is C=CCCC/C=C/CCCCCCCCC(=O)O. The Labute approximate surface area is 112 Å². The number of carboxylic acids is 1. The summed E-state index contributed by atoms with van der Waals surface area (Å²) < 4.78 is 0. The zero-order valence-electron chi connectivity index (χ0n) is 11.6. The maximum atomic E-state index is 10.3. The van der Waals surface area contributed by atoms with Gasteiger partial charge >= 0.3 is 5.97 Å². The molecule has 0 atom stereocenters. The van der Waals surface area contributed by atoms with Crippen molar-refractivity contribution in [3.63, 3.8) is 0 Å². The van der Waals surface area contributed by atoms with Gasteiger partial charge in [-0.25, -0.2) is 0 Å². The lowest BCUT2D eigenvalue weighted by atomic mass is 10.1. The number of unbranched alkanes of at least 4 members (excludes halogenated alkanes) is 8. The van der Waals surface area contributed by atoms with Crippen molar-refractivity contribution in [3.05, 3.63) is 24.8 Å². The van der Waals surface area contributed by atoms with Gasteiger partial charge in [-0.05, 0) is 38.5 Å². The number of rotatable bonds is 13. The van der Waals surface area contributed by atoms with Crippen LogP contribution in [0.25, 0.3) is 0 Å². The van der Waals surface area contributed by atoms with Crippen molar-refractivity contribution in [3.8, 4) is 0 Å². The molecule has 18 heavy (non-hydrogen) atoms. The number of allylic oxidation sites excluding steroid dienone is 3. The molecule has 0 unspecified atom stereocenters. The van der Waals surface area contributed by atoms with Crippen LogP contribution < -0.4 is 0 Å². The molecule has 0 fully saturated rings. The molecule has 0 spiro atoms. The minimum absolute atomic E-state index is 0.327. The Balaban J connectivity index is 3.06. The molecule has 0 radical (unpaired) electrons. The molecule has 0 saturated heterocycles. The summed E-state index contributed by atoms with van der Waals surface area (Å²) in [7, 11) is 0. The summed E-state index contributed by atoms with van der Waals surface area (Å²) in [5.41, 5.74) is 0. The van der Waals surface area contributed by atoms with Crippen LogP contribution in [0.15, 0.2) is 24.8 Å². The van der Waals surface area contributed by atoms with Crippen molar-refractivity contribution >= 4 is 5.97 Å². The molecule has 0 aromatic carbocycles. The highest BCUT2D eigenvalue weighted by atomic mass is 16.4. The molecule has 0 aromatic heterocycles. The van der Waals surface area contributed by atoms with Crippen LogP contribution in [0.4, 0.5) is 0 Å². The minimum Gasteiger partial charge on any atom is -0.481 e. The number of carboxylic acid groups (broad SMARTS) is 1. The summed E-state index contributed by atoms with van der Waals surface area (Å²) in [6.45, 7) is 3.70. The lowest BCUT2D eigenvalue weighted by Gasteiger charge is -1.99. The van der Waals surface area contributed by atoms with Gasteiger partial charge in [0.1, 0.15) is 0 Å². The molecule has 0 rings (SSSR count). The van der Waals surface area contributed by atoms with Gasteiger partial charge in [0.25, 0.3) is 0 Å². The maximum Gasteiger partial charge on any atom is 0.303 e. The number of aliphatic carboxylic acids is 1. The van der Waals surface area contributed by atoms with Gasteiger partial charge in [0, 0.05) is 6.42 Å². The molecule has 0 bridgehead atoms. The van der Waals surface area contributed by atoms with E-state index in [0.29, 0.717) is 6.42 Å². The Hall–Kier alpha value is -1.05. The van der Waals surface area contributed by atoms with E-state index >= 15 is 0 Å². The van der Waals surface area contributed by atoms with Crippen molar-refractivity contribution in [2.75, 3.05) is 0 Å². The van der Waals surface area contributed by atoms with Crippen LogP contribution >= 0.6 is 0 Å². The molecule has 0 saturated carbocycles. The van der Waals surface area contributed by atoms with E-state index in [0.717, 1.165) is 19.3 Å². The Morgan fingerprint density at radius 2 is 1.39 bits per heavy atom. The highest BCUT2D eigenvalue weighted by molar-refractivity contribution is 5.66. The predicted octanol–water partition coefficient (Wildman–Crippen LogP) is 5.10. The van der Waals surface area contributed by atoms with Gasteiger partial charge in [-0.3, -0.25) is 4.79 Å². The van der Waals surface area contributed by atoms with Gasteiger partial charge in [0.05, 0.1) is 0 Å². The number of hydrogen-bond acceptors (Lipinski definition) is 1.